The van der Waals surface area contributed by atoms with Gasteiger partial charge in [0.05, 0.1) is 14.2 Å². The number of anilines is 1. The van der Waals surface area contributed by atoms with Crippen LogP contribution in [0.3, 0.4) is 0 Å². The third kappa shape index (κ3) is 2.61. The molecule has 3 N–H and O–H groups in total. The van der Waals surface area contributed by atoms with Gasteiger partial charge >= 0.3 is 0 Å². The van der Waals surface area contributed by atoms with Crippen LogP contribution in [0.15, 0.2) is 36.0 Å². The number of nitrogen functional groups attached to an aromatic ring is 1. The molecule has 3 rings (SSSR count). The maximum Gasteiger partial charge on any atom is 0.227 e. The van der Waals surface area contributed by atoms with Crippen LogP contribution in [-0.4, -0.2) is 35.5 Å². The molecule has 0 unspecified atom stereocenters. The van der Waals surface area contributed by atoms with Gasteiger partial charge in [0.15, 0.2) is 5.82 Å². The second-order valence-corrected chi connectivity index (χ2v) is 5.20. The number of methoxy groups -OCH3 is 2. The number of allylic oxidation sites excluding steroid dienone is 2. The minimum absolute atomic E-state index is 0.264. The fourth-order valence-electron chi connectivity index (χ4n) is 2.57. The van der Waals surface area contributed by atoms with Crippen molar-refractivity contribution >= 4 is 11.5 Å². The number of aromatic nitrogens is 3. The van der Waals surface area contributed by atoms with Gasteiger partial charge in [-0.1, -0.05) is 11.6 Å². The molecule has 1 aliphatic rings. The molecule has 1 aromatic heterocycles. The summed E-state index contributed by atoms with van der Waals surface area (Å²) >= 11 is 0. The zero-order chi connectivity index (χ0) is 16.4. The van der Waals surface area contributed by atoms with Crippen molar-refractivity contribution in [2.24, 2.45) is 0 Å². The average molecular weight is 313 g/mol. The second kappa shape index (κ2) is 6.04. The number of nitrogens with one attached hydrogen (secondary N) is 1. The maximum absolute atomic E-state index is 6.07. The van der Waals surface area contributed by atoms with E-state index in [2.05, 4.69) is 21.6 Å². The van der Waals surface area contributed by atoms with Crippen molar-refractivity contribution < 1.29 is 9.47 Å². The van der Waals surface area contributed by atoms with E-state index in [-0.39, 0.29) is 5.95 Å². The fourth-order valence-corrected chi connectivity index (χ4v) is 2.57. The Balaban J connectivity index is 2.23. The summed E-state index contributed by atoms with van der Waals surface area (Å²) < 4.78 is 12.7. The first-order valence-electron chi connectivity index (χ1n) is 7.19. The SMILES string of the molecule is COc1cccc(OC)c1-n1c(N)nnc1C1=CNCC(C)=C1. The summed E-state index contributed by atoms with van der Waals surface area (Å²) in [6.07, 6.45) is 3.95. The van der Waals surface area contributed by atoms with Gasteiger partial charge in [0.25, 0.3) is 0 Å². The van der Waals surface area contributed by atoms with Gasteiger partial charge in [-0.05, 0) is 25.1 Å². The molecule has 1 aliphatic heterocycles. The molecule has 0 saturated carbocycles. The molecule has 7 nitrogen and oxygen atoms in total. The summed E-state index contributed by atoms with van der Waals surface area (Å²) in [6, 6.07) is 5.54. The van der Waals surface area contributed by atoms with Gasteiger partial charge in [0, 0.05) is 18.3 Å². The van der Waals surface area contributed by atoms with Crippen molar-refractivity contribution in [2.45, 2.75) is 6.92 Å². The van der Waals surface area contributed by atoms with E-state index in [9.17, 15) is 0 Å². The Morgan fingerprint density at radius 1 is 1.17 bits per heavy atom. The topological polar surface area (TPSA) is 87.2 Å². The lowest BCUT2D eigenvalue weighted by molar-refractivity contribution is 0.391. The highest BCUT2D eigenvalue weighted by atomic mass is 16.5. The molecular formula is C16H19N5O2. The van der Waals surface area contributed by atoms with Crippen LogP contribution in [0.4, 0.5) is 5.95 Å². The highest BCUT2D eigenvalue weighted by molar-refractivity contribution is 5.75. The van der Waals surface area contributed by atoms with Crippen molar-refractivity contribution in [3.05, 3.63) is 41.9 Å². The van der Waals surface area contributed by atoms with Crippen LogP contribution in [0.2, 0.25) is 0 Å². The smallest absolute Gasteiger partial charge is 0.227 e. The van der Waals surface area contributed by atoms with Gasteiger partial charge in [0.1, 0.15) is 17.2 Å². The van der Waals surface area contributed by atoms with E-state index in [1.807, 2.05) is 31.3 Å². The van der Waals surface area contributed by atoms with E-state index in [1.54, 1.807) is 18.8 Å². The summed E-state index contributed by atoms with van der Waals surface area (Å²) in [5, 5.41) is 11.5. The van der Waals surface area contributed by atoms with E-state index in [1.165, 1.54) is 5.57 Å². The molecule has 0 atom stereocenters. The molecule has 0 fully saturated rings. The summed E-state index contributed by atoms with van der Waals surface area (Å²) in [5.74, 6) is 2.14. The lowest BCUT2D eigenvalue weighted by Crippen LogP contribution is -2.15. The number of hydrogen-bond donors (Lipinski definition) is 2. The number of benzene rings is 1. The third-order valence-corrected chi connectivity index (χ3v) is 3.61. The number of nitrogens with zero attached hydrogens (tertiary/aromatic N) is 3. The van der Waals surface area contributed by atoms with Crippen LogP contribution in [0.1, 0.15) is 12.7 Å². The zero-order valence-electron chi connectivity index (χ0n) is 13.3. The maximum atomic E-state index is 6.07. The predicted octanol–water partition coefficient (Wildman–Crippen LogP) is 1.76. The fraction of sp³-hybridized carbons (Fsp3) is 0.250. The van der Waals surface area contributed by atoms with Crippen molar-refractivity contribution in [3.63, 3.8) is 0 Å². The first kappa shape index (κ1) is 15.0. The molecule has 0 bridgehead atoms. The summed E-state index contributed by atoms with van der Waals surface area (Å²) in [7, 11) is 3.20. The summed E-state index contributed by atoms with van der Waals surface area (Å²) in [4.78, 5) is 0. The first-order valence-corrected chi connectivity index (χ1v) is 7.19. The van der Waals surface area contributed by atoms with Crippen LogP contribution in [0.25, 0.3) is 11.3 Å². The minimum Gasteiger partial charge on any atom is -0.494 e. The molecule has 2 heterocycles. The lowest BCUT2D eigenvalue weighted by Gasteiger charge is -2.17. The Morgan fingerprint density at radius 2 is 1.87 bits per heavy atom. The molecule has 7 heteroatoms. The first-order chi connectivity index (χ1) is 11.2. The Kier molecular flexibility index (Phi) is 3.92. The summed E-state index contributed by atoms with van der Waals surface area (Å²) in [6.45, 7) is 2.86. The Morgan fingerprint density at radius 3 is 2.48 bits per heavy atom. The number of dihydropyridines is 1. The Labute approximate surface area is 134 Å². The van der Waals surface area contributed by atoms with Crippen LogP contribution in [0.5, 0.6) is 11.5 Å². The Bertz CT molecular complexity index is 770. The van der Waals surface area contributed by atoms with Gasteiger partial charge in [-0.2, -0.15) is 0 Å². The molecule has 0 radical (unpaired) electrons. The van der Waals surface area contributed by atoms with Gasteiger partial charge in [-0.25, -0.2) is 0 Å². The average Bonchev–Trinajstić information content (AvgIpc) is 2.95. The molecule has 23 heavy (non-hydrogen) atoms. The molecule has 2 aromatic rings. The molecule has 0 aliphatic carbocycles. The van der Waals surface area contributed by atoms with Crippen molar-refractivity contribution in [1.29, 1.82) is 0 Å². The highest BCUT2D eigenvalue weighted by Gasteiger charge is 2.22. The lowest BCUT2D eigenvalue weighted by atomic mass is 10.1. The van der Waals surface area contributed by atoms with Crippen LogP contribution < -0.4 is 20.5 Å². The number of hydrogen-bond acceptors (Lipinski definition) is 6. The van der Waals surface area contributed by atoms with E-state index < -0.39 is 0 Å². The number of ether oxygens (including phenoxy) is 2. The monoisotopic (exact) mass is 313 g/mol. The van der Waals surface area contributed by atoms with E-state index >= 15 is 0 Å². The quantitative estimate of drug-likeness (QED) is 0.894. The van der Waals surface area contributed by atoms with Gasteiger partial charge < -0.3 is 20.5 Å². The molecule has 120 valence electrons. The molecule has 0 spiro atoms. The molecule has 1 aromatic carbocycles. The highest BCUT2D eigenvalue weighted by Crippen LogP contribution is 2.36. The van der Waals surface area contributed by atoms with Gasteiger partial charge in [0.2, 0.25) is 5.95 Å². The van der Waals surface area contributed by atoms with E-state index in [4.69, 9.17) is 15.2 Å². The standard InChI is InChI=1S/C16H19N5O2/c1-10-7-11(9-18-8-10)15-19-20-16(17)21(15)14-12(22-2)5-4-6-13(14)23-3/h4-7,9,18H,8H2,1-3H3,(H2,17,20). The zero-order valence-corrected chi connectivity index (χ0v) is 13.3. The largest absolute Gasteiger partial charge is 0.494 e. The predicted molar refractivity (Wildman–Crippen MR) is 88.6 cm³/mol. The minimum atomic E-state index is 0.264. The van der Waals surface area contributed by atoms with E-state index in [0.717, 1.165) is 12.1 Å². The van der Waals surface area contributed by atoms with Crippen molar-refractivity contribution in [3.8, 4) is 17.2 Å². The number of nitrogens with two attached hydrogens (primary N) is 1. The van der Waals surface area contributed by atoms with Crippen LogP contribution >= 0.6 is 0 Å². The van der Waals surface area contributed by atoms with Crippen molar-refractivity contribution in [1.82, 2.24) is 20.1 Å². The van der Waals surface area contributed by atoms with Crippen molar-refractivity contribution in [2.75, 3.05) is 26.5 Å². The molecule has 0 amide bonds. The second-order valence-electron chi connectivity index (χ2n) is 5.20. The Hall–Kier alpha value is -2.96. The van der Waals surface area contributed by atoms with Crippen LogP contribution in [-0.2, 0) is 0 Å². The molecule has 0 saturated heterocycles. The van der Waals surface area contributed by atoms with Gasteiger partial charge in [-0.3, -0.25) is 4.57 Å². The normalized spacial score (nSPS) is 13.9. The number of rotatable bonds is 4. The molecular weight excluding hydrogens is 294 g/mol. The van der Waals surface area contributed by atoms with Gasteiger partial charge in [-0.15, -0.1) is 10.2 Å². The third-order valence-electron chi connectivity index (χ3n) is 3.61. The van der Waals surface area contributed by atoms with Crippen LogP contribution in [0, 0.1) is 0 Å². The van der Waals surface area contributed by atoms with E-state index in [0.29, 0.717) is 23.0 Å². The number of para-hydroxylation sites is 1. The summed E-state index contributed by atoms with van der Waals surface area (Å²) in [5.41, 5.74) is 8.84.